The zero-order valence-corrected chi connectivity index (χ0v) is 27.8. The van der Waals surface area contributed by atoms with Crippen LogP contribution in [0.3, 0.4) is 0 Å². The van der Waals surface area contributed by atoms with Gasteiger partial charge in [0.05, 0.1) is 12.1 Å². The molecule has 4 atom stereocenters. The molecule has 0 spiro atoms. The number of esters is 1. The Hall–Kier alpha value is -5.17. The van der Waals surface area contributed by atoms with Crippen molar-refractivity contribution < 1.29 is 23.9 Å². The van der Waals surface area contributed by atoms with Crippen LogP contribution in [0.1, 0.15) is 61.5 Å². The molecule has 0 unspecified atom stereocenters. The summed E-state index contributed by atoms with van der Waals surface area (Å²) in [5, 5.41) is 0. The van der Waals surface area contributed by atoms with E-state index in [-0.39, 0.29) is 31.8 Å². The van der Waals surface area contributed by atoms with E-state index in [4.69, 9.17) is 9.47 Å². The number of benzene rings is 4. The number of rotatable bonds is 11. The lowest BCUT2D eigenvalue weighted by Gasteiger charge is -2.64. The van der Waals surface area contributed by atoms with Gasteiger partial charge in [0.15, 0.2) is 5.54 Å². The first-order valence-corrected chi connectivity index (χ1v) is 16.4. The highest BCUT2D eigenvalue weighted by atomic mass is 16.6. The van der Waals surface area contributed by atoms with Crippen molar-refractivity contribution in [3.05, 3.63) is 156 Å². The maximum Gasteiger partial charge on any atom is 0.411 e. The number of likely N-dealkylation sites (tertiary alicyclic amines) is 1. The third kappa shape index (κ3) is 5.89. The summed E-state index contributed by atoms with van der Waals surface area (Å²) in [4.78, 5) is 47.7. The first-order chi connectivity index (χ1) is 23.1. The van der Waals surface area contributed by atoms with Gasteiger partial charge in [-0.2, -0.15) is 0 Å². The normalized spacial score (nSPS) is 22.0. The largest absolute Gasteiger partial charge is 0.458 e. The molecule has 2 saturated heterocycles. The molecule has 0 bridgehead atoms. The van der Waals surface area contributed by atoms with Crippen LogP contribution in [0.4, 0.5) is 4.79 Å². The maximum atomic E-state index is 15.6. The Bertz CT molecular complexity index is 1760. The van der Waals surface area contributed by atoms with Gasteiger partial charge >= 0.3 is 12.1 Å². The molecule has 2 heterocycles. The first kappa shape index (κ1) is 32.8. The quantitative estimate of drug-likeness (QED) is 0.0955. The molecule has 4 aromatic carbocycles. The summed E-state index contributed by atoms with van der Waals surface area (Å²) in [7, 11) is 0. The van der Waals surface area contributed by atoms with E-state index in [2.05, 4.69) is 6.58 Å². The first-order valence-electron chi connectivity index (χ1n) is 16.4. The van der Waals surface area contributed by atoms with E-state index in [0.717, 1.165) is 22.3 Å². The lowest BCUT2D eigenvalue weighted by Crippen LogP contribution is -2.82. The standard InChI is InChI=1S/C41H42N2O5/c1-5-26-40(37(45)48-39(2,3)4,27-30-18-10-6-11-19-30)43-35(33-24-16-9-17-25-33)41(36(43)44,28-31-20-12-7-13-21-31)42-34(29-47-38(42)46)32-22-14-8-15-23-32/h5-25,34-35H,1,26-29H2,2-4H3/t34-,35-,40-,41+/m1/s1. The Balaban J connectivity index is 1.61. The van der Waals surface area contributed by atoms with Gasteiger partial charge < -0.3 is 14.4 Å². The SMILES string of the molecule is C=CC[C@@](Cc1ccccc1)(C(=O)OC(C)(C)C)N1C(=O)[C@@](Cc2ccccc2)(N2C(=O)OC[C@@H]2c2ccccc2)[C@H]1c1ccccc1. The van der Waals surface area contributed by atoms with E-state index in [1.807, 2.05) is 142 Å². The second kappa shape index (κ2) is 13.1. The minimum atomic E-state index is -1.47. The highest BCUT2D eigenvalue weighted by Gasteiger charge is 2.73. The zero-order chi connectivity index (χ0) is 33.9. The van der Waals surface area contributed by atoms with Gasteiger partial charge in [-0.1, -0.05) is 127 Å². The third-order valence-corrected chi connectivity index (χ3v) is 9.28. The topological polar surface area (TPSA) is 76.2 Å². The molecule has 6 rings (SSSR count). The average molecular weight is 643 g/mol. The molecule has 2 aliphatic rings. The molecule has 246 valence electrons. The molecule has 0 aliphatic carbocycles. The molecule has 2 aliphatic heterocycles. The fourth-order valence-corrected chi connectivity index (χ4v) is 7.33. The fraction of sp³-hybridized carbons (Fsp3) is 0.293. The number of cyclic esters (lactones) is 1. The number of ether oxygens (including phenoxy) is 2. The van der Waals surface area contributed by atoms with E-state index < -0.39 is 40.8 Å². The molecule has 7 nitrogen and oxygen atoms in total. The van der Waals surface area contributed by atoms with Gasteiger partial charge in [-0.05, 0) is 49.4 Å². The van der Waals surface area contributed by atoms with Gasteiger partial charge in [0, 0.05) is 12.8 Å². The van der Waals surface area contributed by atoms with Crippen molar-refractivity contribution in [3.8, 4) is 0 Å². The summed E-state index contributed by atoms with van der Waals surface area (Å²) < 4.78 is 11.9. The smallest absolute Gasteiger partial charge is 0.411 e. The van der Waals surface area contributed by atoms with Crippen LogP contribution in [0.25, 0.3) is 0 Å². The minimum Gasteiger partial charge on any atom is -0.458 e. The van der Waals surface area contributed by atoms with Gasteiger partial charge in [0.2, 0.25) is 0 Å². The highest BCUT2D eigenvalue weighted by Crippen LogP contribution is 2.57. The summed E-state index contributed by atoms with van der Waals surface area (Å²) in [6.45, 7) is 9.61. The van der Waals surface area contributed by atoms with Gasteiger partial charge in [0.1, 0.15) is 17.7 Å². The van der Waals surface area contributed by atoms with Gasteiger partial charge in [-0.25, -0.2) is 9.59 Å². The molecular weight excluding hydrogens is 600 g/mol. The van der Waals surface area contributed by atoms with Crippen molar-refractivity contribution in [1.29, 1.82) is 0 Å². The summed E-state index contributed by atoms with van der Waals surface area (Å²) in [5.74, 6) is -0.867. The van der Waals surface area contributed by atoms with Crippen LogP contribution in [-0.4, -0.2) is 51.1 Å². The molecule has 2 amide bonds. The number of amides is 2. The van der Waals surface area contributed by atoms with Gasteiger partial charge in [-0.15, -0.1) is 6.58 Å². The van der Waals surface area contributed by atoms with Crippen molar-refractivity contribution in [1.82, 2.24) is 9.80 Å². The number of hydrogen-bond donors (Lipinski definition) is 0. The number of carbonyl (C=O) groups excluding carboxylic acids is 3. The van der Waals surface area contributed by atoms with E-state index in [9.17, 15) is 9.59 Å². The lowest BCUT2D eigenvalue weighted by molar-refractivity contribution is -0.205. The Morgan fingerprint density at radius 1 is 0.833 bits per heavy atom. The number of nitrogens with zero attached hydrogens (tertiary/aromatic N) is 2. The molecular formula is C41H42N2O5. The summed E-state index contributed by atoms with van der Waals surface area (Å²) in [6, 6.07) is 37.4. The van der Waals surface area contributed by atoms with E-state index in [1.54, 1.807) is 15.9 Å². The third-order valence-electron chi connectivity index (χ3n) is 9.28. The van der Waals surface area contributed by atoms with Crippen LogP contribution >= 0.6 is 0 Å². The second-order valence-electron chi connectivity index (χ2n) is 13.6. The van der Waals surface area contributed by atoms with E-state index in [0.29, 0.717) is 0 Å². The van der Waals surface area contributed by atoms with Crippen LogP contribution in [0.15, 0.2) is 134 Å². The summed E-state index contributed by atoms with van der Waals surface area (Å²) in [5.41, 5.74) is -0.315. The van der Waals surface area contributed by atoms with Crippen molar-refractivity contribution in [2.75, 3.05) is 6.61 Å². The molecule has 0 saturated carbocycles. The van der Waals surface area contributed by atoms with Crippen LogP contribution in [0.5, 0.6) is 0 Å². The fourth-order valence-electron chi connectivity index (χ4n) is 7.33. The molecule has 48 heavy (non-hydrogen) atoms. The minimum absolute atomic E-state index is 0.0993. The highest BCUT2D eigenvalue weighted by molar-refractivity contribution is 6.02. The van der Waals surface area contributed by atoms with Crippen molar-refractivity contribution in [2.45, 2.75) is 68.8 Å². The zero-order valence-electron chi connectivity index (χ0n) is 27.8. The van der Waals surface area contributed by atoms with Crippen LogP contribution in [0, 0.1) is 0 Å². The molecule has 7 heteroatoms. The van der Waals surface area contributed by atoms with Gasteiger partial charge in [-0.3, -0.25) is 9.69 Å². The summed E-state index contributed by atoms with van der Waals surface area (Å²) >= 11 is 0. The van der Waals surface area contributed by atoms with E-state index >= 15 is 4.79 Å². The average Bonchev–Trinajstić information content (AvgIpc) is 3.47. The molecule has 0 N–H and O–H groups in total. The predicted molar refractivity (Wildman–Crippen MR) is 185 cm³/mol. The van der Waals surface area contributed by atoms with Crippen LogP contribution < -0.4 is 0 Å². The molecule has 4 aromatic rings. The van der Waals surface area contributed by atoms with Crippen molar-refractivity contribution in [3.63, 3.8) is 0 Å². The Labute approximate surface area is 282 Å². The summed E-state index contributed by atoms with van der Waals surface area (Å²) in [6.07, 6.45) is 1.65. The molecule has 0 aromatic heterocycles. The lowest BCUT2D eigenvalue weighted by atomic mass is 9.65. The molecule has 2 fully saturated rings. The predicted octanol–water partition coefficient (Wildman–Crippen LogP) is 7.64. The maximum absolute atomic E-state index is 15.6. The van der Waals surface area contributed by atoms with E-state index in [1.165, 1.54) is 0 Å². The Morgan fingerprint density at radius 2 is 1.35 bits per heavy atom. The molecule has 0 radical (unpaired) electrons. The second-order valence-corrected chi connectivity index (χ2v) is 13.6. The Kier molecular flexibility index (Phi) is 8.97. The number of β-lactam (4-membered cyclic amide) rings is 1. The Morgan fingerprint density at radius 3 is 1.90 bits per heavy atom. The van der Waals surface area contributed by atoms with Gasteiger partial charge in [0.25, 0.3) is 5.91 Å². The van der Waals surface area contributed by atoms with Crippen LogP contribution in [0.2, 0.25) is 0 Å². The van der Waals surface area contributed by atoms with Crippen molar-refractivity contribution in [2.24, 2.45) is 0 Å². The monoisotopic (exact) mass is 642 g/mol. The van der Waals surface area contributed by atoms with Crippen molar-refractivity contribution >= 4 is 18.0 Å². The number of hydrogen-bond acceptors (Lipinski definition) is 5. The number of carbonyl (C=O) groups is 3. The van der Waals surface area contributed by atoms with Crippen LogP contribution in [-0.2, 0) is 31.9 Å².